The van der Waals surface area contributed by atoms with Gasteiger partial charge in [0.2, 0.25) is 0 Å². The van der Waals surface area contributed by atoms with Gasteiger partial charge in [0.25, 0.3) is 5.91 Å². The Labute approximate surface area is 337 Å². The summed E-state index contributed by atoms with van der Waals surface area (Å²) >= 11 is 13.5. The standard InChI is InChI=1S/C43H49Cl2N7O4/c1-23-19-29(20-24(2)38(23)45)56-18-10-11-30-31-13-14-33(44)37(35-26(4)47-50(9)27(35)5)39(31)52-25(3)22-51(42(53)40(30)52)41-36(43(54)55)32-21-28(46-16-17-48(6)7)12-15-34(32)49(41)8/h12-15,19-21,25,46H,10-11,16-18,22H2,1-9H3,(H,54,55)/t25-/m1/s1. The highest BCUT2D eigenvalue weighted by molar-refractivity contribution is 6.35. The Bertz CT molecular complexity index is 2520. The number of rotatable bonds is 12. The van der Waals surface area contributed by atoms with Crippen LogP contribution < -0.4 is 15.0 Å². The van der Waals surface area contributed by atoms with Crippen molar-refractivity contribution in [3.63, 3.8) is 0 Å². The van der Waals surface area contributed by atoms with Crippen molar-refractivity contribution < 1.29 is 19.4 Å². The van der Waals surface area contributed by atoms with Gasteiger partial charge in [-0.25, -0.2) is 4.79 Å². The van der Waals surface area contributed by atoms with E-state index >= 15 is 4.79 Å². The minimum absolute atomic E-state index is 0.0951. The fourth-order valence-electron chi connectivity index (χ4n) is 8.40. The molecule has 4 heterocycles. The van der Waals surface area contributed by atoms with E-state index in [2.05, 4.69) is 21.7 Å². The summed E-state index contributed by atoms with van der Waals surface area (Å²) in [6, 6.07) is 13.3. The molecule has 7 rings (SSSR count). The highest BCUT2D eigenvalue weighted by Crippen LogP contribution is 2.46. The smallest absolute Gasteiger partial charge is 0.340 e. The second kappa shape index (κ2) is 15.2. The minimum Gasteiger partial charge on any atom is -0.494 e. The molecule has 13 heteroatoms. The Hall–Kier alpha value is -4.97. The van der Waals surface area contributed by atoms with Crippen molar-refractivity contribution in [3.8, 4) is 16.9 Å². The first kappa shape index (κ1) is 39.3. The van der Waals surface area contributed by atoms with Crippen LogP contribution in [-0.4, -0.2) is 81.1 Å². The second-order valence-corrected chi connectivity index (χ2v) is 16.1. The maximum atomic E-state index is 15.2. The Morgan fingerprint density at radius 1 is 1.02 bits per heavy atom. The molecule has 1 aliphatic heterocycles. The van der Waals surface area contributed by atoms with Crippen molar-refractivity contribution in [2.24, 2.45) is 14.1 Å². The van der Waals surface area contributed by atoms with Gasteiger partial charge in [-0.15, -0.1) is 0 Å². The maximum Gasteiger partial charge on any atom is 0.340 e. The molecule has 0 spiro atoms. The zero-order valence-corrected chi connectivity index (χ0v) is 35.0. The predicted octanol–water partition coefficient (Wildman–Crippen LogP) is 8.98. The van der Waals surface area contributed by atoms with Crippen LogP contribution in [0.25, 0.3) is 32.9 Å². The summed E-state index contributed by atoms with van der Waals surface area (Å²) in [4.78, 5) is 32.2. The highest BCUT2D eigenvalue weighted by Gasteiger charge is 2.39. The molecule has 1 amide bonds. The molecule has 0 fully saturated rings. The van der Waals surface area contributed by atoms with Gasteiger partial charge in [-0.1, -0.05) is 29.3 Å². The number of fused-ring (bicyclic) bond motifs is 4. The first-order valence-electron chi connectivity index (χ1n) is 18.9. The average molecular weight is 799 g/mol. The number of carbonyl (C=O) groups excluding carboxylic acids is 1. The Balaban J connectivity index is 1.37. The van der Waals surface area contributed by atoms with Crippen molar-refractivity contribution in [2.45, 2.75) is 53.5 Å². The lowest BCUT2D eigenvalue weighted by Crippen LogP contribution is -2.44. The van der Waals surface area contributed by atoms with E-state index in [4.69, 9.17) is 33.0 Å². The molecule has 11 nitrogen and oxygen atoms in total. The third-order valence-electron chi connectivity index (χ3n) is 11.1. The Morgan fingerprint density at radius 2 is 1.73 bits per heavy atom. The Morgan fingerprint density at radius 3 is 2.38 bits per heavy atom. The van der Waals surface area contributed by atoms with Crippen LogP contribution in [0.3, 0.4) is 0 Å². The van der Waals surface area contributed by atoms with E-state index in [1.54, 1.807) is 4.90 Å². The summed E-state index contributed by atoms with van der Waals surface area (Å²) in [5, 5.41) is 21.7. The molecule has 0 unspecified atom stereocenters. The van der Waals surface area contributed by atoms with Gasteiger partial charge in [-0.3, -0.25) is 14.4 Å². The average Bonchev–Trinajstić information content (AvgIpc) is 3.72. The van der Waals surface area contributed by atoms with Crippen molar-refractivity contribution in [1.82, 2.24) is 23.8 Å². The molecule has 0 radical (unpaired) electrons. The van der Waals surface area contributed by atoms with Crippen LogP contribution >= 0.6 is 23.2 Å². The van der Waals surface area contributed by atoms with Crippen molar-refractivity contribution in [3.05, 3.63) is 91.8 Å². The van der Waals surface area contributed by atoms with Crippen LogP contribution in [0.5, 0.6) is 5.75 Å². The number of aryl methyl sites for hydroxylation is 6. The number of benzene rings is 3. The summed E-state index contributed by atoms with van der Waals surface area (Å²) in [5.74, 6) is -0.261. The lowest BCUT2D eigenvalue weighted by Gasteiger charge is -2.34. The molecule has 56 heavy (non-hydrogen) atoms. The number of carboxylic acid groups (broad SMARTS) is 1. The third-order valence-corrected chi connectivity index (χ3v) is 12.0. The number of halogens is 2. The number of aromatic nitrogens is 4. The fourth-order valence-corrected chi connectivity index (χ4v) is 8.76. The van der Waals surface area contributed by atoms with E-state index < -0.39 is 5.97 Å². The SMILES string of the molecule is Cc1cc(OCCCc2c3n(c4c(-c5c(C)nn(C)c5C)c(Cl)ccc24)[C@H](C)CN(c2c(C(=O)O)c4cc(NCCN(C)C)ccc4n2C)C3=O)cc(C)c1Cl. The number of aromatic carboxylic acids is 1. The van der Waals surface area contributed by atoms with Crippen LogP contribution in [0.1, 0.15) is 68.3 Å². The summed E-state index contributed by atoms with van der Waals surface area (Å²) in [6.07, 6.45) is 1.15. The van der Waals surface area contributed by atoms with Gasteiger partial charge in [-0.2, -0.15) is 5.10 Å². The number of carbonyl (C=O) groups is 2. The number of hydrogen-bond acceptors (Lipinski definition) is 6. The third kappa shape index (κ3) is 6.69. The molecule has 6 aromatic rings. The first-order chi connectivity index (χ1) is 26.6. The van der Waals surface area contributed by atoms with Crippen LogP contribution in [0, 0.1) is 27.7 Å². The number of likely N-dealkylation sites (N-methyl/N-ethyl adjacent to an activating group) is 1. The monoisotopic (exact) mass is 797 g/mol. The zero-order valence-electron chi connectivity index (χ0n) is 33.5. The molecule has 3 aromatic carbocycles. The number of amides is 1. The van der Waals surface area contributed by atoms with Gasteiger partial charge in [-0.05, 0) is 115 Å². The molecule has 0 saturated carbocycles. The van der Waals surface area contributed by atoms with E-state index in [9.17, 15) is 9.90 Å². The Kier molecular flexibility index (Phi) is 10.6. The predicted molar refractivity (Wildman–Crippen MR) is 227 cm³/mol. The first-order valence-corrected chi connectivity index (χ1v) is 19.7. The van der Waals surface area contributed by atoms with E-state index in [1.807, 2.05) is 108 Å². The molecule has 0 aliphatic carbocycles. The second-order valence-electron chi connectivity index (χ2n) is 15.3. The van der Waals surface area contributed by atoms with Gasteiger partial charge in [0.1, 0.15) is 22.8 Å². The van der Waals surface area contributed by atoms with E-state index in [1.165, 1.54) is 0 Å². The molecule has 3 aromatic heterocycles. The molecule has 2 N–H and O–H groups in total. The van der Waals surface area contributed by atoms with Crippen LogP contribution in [-0.2, 0) is 20.5 Å². The number of ether oxygens (including phenoxy) is 1. The number of nitrogens with zero attached hydrogens (tertiary/aromatic N) is 6. The van der Waals surface area contributed by atoms with E-state index in [0.29, 0.717) is 47.9 Å². The van der Waals surface area contributed by atoms with Gasteiger partial charge in [0.15, 0.2) is 0 Å². The van der Waals surface area contributed by atoms with Crippen LogP contribution in [0.15, 0.2) is 42.5 Å². The van der Waals surface area contributed by atoms with Gasteiger partial charge in [0.05, 0.1) is 28.4 Å². The lowest BCUT2D eigenvalue weighted by atomic mass is 9.98. The molecular formula is C43H49Cl2N7O4. The molecule has 0 saturated heterocycles. The molecule has 1 aliphatic rings. The summed E-state index contributed by atoms with van der Waals surface area (Å²) in [6.45, 7) is 12.2. The number of carboxylic acids is 1. The fraction of sp³-hybridized carbons (Fsp3) is 0.372. The highest BCUT2D eigenvalue weighted by atomic mass is 35.5. The lowest BCUT2D eigenvalue weighted by molar-refractivity contribution is 0.0699. The molecule has 0 bridgehead atoms. The summed E-state index contributed by atoms with van der Waals surface area (Å²) in [7, 11) is 7.76. The zero-order chi connectivity index (χ0) is 40.3. The quantitative estimate of drug-likeness (QED) is 0.119. The molecule has 294 valence electrons. The molecular weight excluding hydrogens is 749 g/mol. The largest absolute Gasteiger partial charge is 0.494 e. The van der Waals surface area contributed by atoms with Crippen molar-refractivity contribution in [1.29, 1.82) is 0 Å². The van der Waals surface area contributed by atoms with Gasteiger partial charge in [0, 0.05) is 78.1 Å². The maximum absolute atomic E-state index is 15.2. The summed E-state index contributed by atoms with van der Waals surface area (Å²) < 4.78 is 12.0. The van der Waals surface area contributed by atoms with Crippen LogP contribution in [0.4, 0.5) is 11.5 Å². The van der Waals surface area contributed by atoms with Crippen molar-refractivity contribution in [2.75, 3.05) is 50.6 Å². The van der Waals surface area contributed by atoms with Crippen LogP contribution in [0.2, 0.25) is 10.0 Å². The van der Waals surface area contributed by atoms with E-state index in [0.717, 1.165) is 78.6 Å². The number of anilines is 2. The normalized spacial score (nSPS) is 14.4. The van der Waals surface area contributed by atoms with Gasteiger partial charge >= 0.3 is 5.97 Å². The summed E-state index contributed by atoms with van der Waals surface area (Å²) in [5.41, 5.74) is 9.37. The van der Waals surface area contributed by atoms with Crippen molar-refractivity contribution >= 4 is 68.4 Å². The number of nitrogens with one attached hydrogen (secondary N) is 1. The van der Waals surface area contributed by atoms with Gasteiger partial charge < -0.3 is 29.2 Å². The topological polar surface area (TPSA) is 110 Å². The minimum atomic E-state index is -1.09. The van der Waals surface area contributed by atoms with E-state index in [-0.39, 0.29) is 24.1 Å². The number of hydrogen-bond donors (Lipinski definition) is 2. The molecule has 1 atom stereocenters.